The topological polar surface area (TPSA) is 16.4 Å². The Morgan fingerprint density at radius 2 is 0.852 bits per heavy atom. The number of hydrogen-bond acceptors (Lipinski definition) is 2. The Hall–Kier alpha value is -7.16. The maximum Gasteiger partial charge on any atom is 0.137 e. The van der Waals surface area contributed by atoms with Gasteiger partial charge >= 0.3 is 0 Å². The van der Waals surface area contributed by atoms with Crippen LogP contribution in [-0.4, -0.2) is 0 Å². The second kappa shape index (κ2) is 12.2. The van der Waals surface area contributed by atoms with Crippen LogP contribution in [0.2, 0.25) is 0 Å². The molecule has 2 nitrogen and oxygen atoms in total. The van der Waals surface area contributed by atoms with E-state index in [1.807, 2.05) is 12.1 Å². The van der Waals surface area contributed by atoms with E-state index in [1.54, 1.807) is 0 Å². The van der Waals surface area contributed by atoms with Crippen molar-refractivity contribution in [2.45, 2.75) is 0 Å². The first kappa shape index (κ1) is 30.5. The van der Waals surface area contributed by atoms with E-state index in [4.69, 9.17) is 4.42 Å². The number of anilines is 3. The molecule has 0 aliphatic heterocycles. The van der Waals surface area contributed by atoms with Crippen molar-refractivity contribution in [3.8, 4) is 22.3 Å². The lowest BCUT2D eigenvalue weighted by Crippen LogP contribution is -2.12. The molecule has 0 atom stereocenters. The molecule has 0 aliphatic carbocycles. The van der Waals surface area contributed by atoms with E-state index >= 15 is 0 Å². The van der Waals surface area contributed by atoms with E-state index in [0.717, 1.165) is 61.3 Å². The molecule has 10 aromatic carbocycles. The third kappa shape index (κ3) is 4.81. The molecule has 0 bridgehead atoms. The van der Waals surface area contributed by atoms with Gasteiger partial charge in [-0.15, -0.1) is 0 Å². The fraction of sp³-hybridized carbons (Fsp3) is 0. The van der Waals surface area contributed by atoms with E-state index < -0.39 is 0 Å². The summed E-state index contributed by atoms with van der Waals surface area (Å²) in [5.41, 5.74) is 9.60. The van der Waals surface area contributed by atoms with Gasteiger partial charge in [-0.05, 0) is 90.6 Å². The fourth-order valence-corrected chi connectivity index (χ4v) is 8.52. The normalized spacial score (nSPS) is 11.7. The molecule has 1 heterocycles. The van der Waals surface area contributed by atoms with Gasteiger partial charge in [-0.25, -0.2) is 0 Å². The van der Waals surface area contributed by atoms with Gasteiger partial charge in [0.1, 0.15) is 11.2 Å². The average molecular weight is 688 g/mol. The summed E-state index contributed by atoms with van der Waals surface area (Å²) in [5, 5.41) is 12.4. The molecule has 0 saturated heterocycles. The zero-order valence-corrected chi connectivity index (χ0v) is 29.4. The number of fused-ring (bicyclic) bond motifs is 10. The molecular formula is C52H33NO. The van der Waals surface area contributed by atoms with Crippen LogP contribution in [0.25, 0.3) is 87.3 Å². The van der Waals surface area contributed by atoms with Gasteiger partial charge in [-0.3, -0.25) is 0 Å². The van der Waals surface area contributed by atoms with Crippen LogP contribution in [0.3, 0.4) is 0 Å². The zero-order chi connectivity index (χ0) is 35.6. The minimum atomic E-state index is 0.866. The molecule has 0 amide bonds. The van der Waals surface area contributed by atoms with Gasteiger partial charge in [0.2, 0.25) is 0 Å². The second-order valence-electron chi connectivity index (χ2n) is 14.1. The summed E-state index contributed by atoms with van der Waals surface area (Å²) in [4.78, 5) is 2.40. The third-order valence-corrected chi connectivity index (χ3v) is 11.0. The smallest absolute Gasteiger partial charge is 0.137 e. The predicted molar refractivity (Wildman–Crippen MR) is 229 cm³/mol. The van der Waals surface area contributed by atoms with Crippen LogP contribution in [0.1, 0.15) is 0 Å². The maximum absolute atomic E-state index is 6.46. The van der Waals surface area contributed by atoms with Crippen molar-refractivity contribution in [2.24, 2.45) is 0 Å². The van der Waals surface area contributed by atoms with Crippen molar-refractivity contribution in [1.82, 2.24) is 0 Å². The highest BCUT2D eigenvalue weighted by Gasteiger charge is 2.22. The number of nitrogens with zero attached hydrogens (tertiary/aromatic N) is 1. The van der Waals surface area contributed by atoms with Crippen LogP contribution in [0, 0.1) is 0 Å². The van der Waals surface area contributed by atoms with Crippen molar-refractivity contribution >= 4 is 82.1 Å². The van der Waals surface area contributed by atoms with Crippen LogP contribution in [-0.2, 0) is 0 Å². The first-order valence-electron chi connectivity index (χ1n) is 18.5. The van der Waals surface area contributed by atoms with E-state index in [0.29, 0.717) is 0 Å². The highest BCUT2D eigenvalue weighted by Crippen LogP contribution is 2.46. The van der Waals surface area contributed by atoms with Crippen LogP contribution in [0.15, 0.2) is 205 Å². The number of benzene rings is 10. The molecule has 54 heavy (non-hydrogen) atoms. The molecule has 252 valence electrons. The van der Waals surface area contributed by atoms with Crippen molar-refractivity contribution in [1.29, 1.82) is 0 Å². The summed E-state index contributed by atoms with van der Waals surface area (Å²) in [5.74, 6) is 0. The van der Waals surface area contributed by atoms with Crippen LogP contribution in [0.5, 0.6) is 0 Å². The summed E-state index contributed by atoms with van der Waals surface area (Å²) in [6.07, 6.45) is 0. The summed E-state index contributed by atoms with van der Waals surface area (Å²) in [6.45, 7) is 0. The molecule has 0 spiro atoms. The molecule has 0 radical (unpaired) electrons. The molecule has 0 saturated carbocycles. The highest BCUT2D eigenvalue weighted by atomic mass is 16.3. The van der Waals surface area contributed by atoms with Crippen LogP contribution >= 0.6 is 0 Å². The van der Waals surface area contributed by atoms with E-state index in [-0.39, 0.29) is 0 Å². The lowest BCUT2D eigenvalue weighted by atomic mass is 9.91. The van der Waals surface area contributed by atoms with Gasteiger partial charge in [-0.2, -0.15) is 0 Å². The van der Waals surface area contributed by atoms with Crippen molar-refractivity contribution in [3.05, 3.63) is 200 Å². The summed E-state index contributed by atoms with van der Waals surface area (Å²) < 4.78 is 6.46. The van der Waals surface area contributed by atoms with E-state index in [2.05, 4.69) is 193 Å². The zero-order valence-electron chi connectivity index (χ0n) is 29.4. The lowest BCUT2D eigenvalue weighted by molar-refractivity contribution is 0.669. The lowest BCUT2D eigenvalue weighted by Gasteiger charge is -2.30. The molecule has 11 aromatic rings. The molecule has 0 fully saturated rings. The molecule has 0 aliphatic rings. The van der Waals surface area contributed by atoms with E-state index in [1.165, 1.54) is 43.1 Å². The summed E-state index contributed by atoms with van der Waals surface area (Å²) in [6, 6.07) is 72.3. The fourth-order valence-electron chi connectivity index (χ4n) is 8.52. The minimum absolute atomic E-state index is 0.866. The monoisotopic (exact) mass is 687 g/mol. The predicted octanol–water partition coefficient (Wildman–Crippen LogP) is 15.0. The van der Waals surface area contributed by atoms with Gasteiger partial charge in [-0.1, -0.05) is 158 Å². The summed E-state index contributed by atoms with van der Waals surface area (Å²) in [7, 11) is 0. The number of furan rings is 1. The van der Waals surface area contributed by atoms with Gasteiger partial charge in [0.05, 0.1) is 11.4 Å². The Morgan fingerprint density at radius 1 is 0.315 bits per heavy atom. The Labute approximate surface area is 312 Å². The van der Waals surface area contributed by atoms with E-state index in [9.17, 15) is 0 Å². The minimum Gasteiger partial charge on any atom is -0.456 e. The van der Waals surface area contributed by atoms with Crippen LogP contribution in [0.4, 0.5) is 17.1 Å². The second-order valence-corrected chi connectivity index (χ2v) is 14.1. The van der Waals surface area contributed by atoms with Gasteiger partial charge in [0.15, 0.2) is 0 Å². The Kier molecular flexibility index (Phi) is 6.90. The van der Waals surface area contributed by atoms with Crippen LogP contribution < -0.4 is 4.90 Å². The van der Waals surface area contributed by atoms with Gasteiger partial charge in [0, 0.05) is 33.7 Å². The Balaban J connectivity index is 1.14. The molecule has 2 heteroatoms. The molecule has 11 rings (SSSR count). The first-order chi connectivity index (χ1) is 26.8. The third-order valence-electron chi connectivity index (χ3n) is 11.0. The molecular weight excluding hydrogens is 655 g/mol. The number of hydrogen-bond donors (Lipinski definition) is 0. The maximum atomic E-state index is 6.46. The van der Waals surface area contributed by atoms with Gasteiger partial charge < -0.3 is 9.32 Å². The Morgan fingerprint density at radius 3 is 1.61 bits per heavy atom. The largest absolute Gasteiger partial charge is 0.456 e. The molecule has 1 aromatic heterocycles. The SMILES string of the molecule is c1ccc(-c2ccccc2N(c2ccc3c(c2)oc2ccccc23)c2ccccc2-c2ccc3c(ccc4ccc5ccc6ccccc6c5c43)c2)cc1. The first-order valence-corrected chi connectivity index (χ1v) is 18.5. The molecule has 0 N–H and O–H groups in total. The number of rotatable bonds is 5. The van der Waals surface area contributed by atoms with Crippen molar-refractivity contribution < 1.29 is 4.42 Å². The highest BCUT2D eigenvalue weighted by molar-refractivity contribution is 6.27. The molecule has 0 unspecified atom stereocenters. The van der Waals surface area contributed by atoms with Gasteiger partial charge in [0.25, 0.3) is 0 Å². The Bertz CT molecular complexity index is 3220. The standard InChI is InChI=1S/C52H33NO/c1-2-12-34(13-3-1)41-15-6-9-19-47(41)53(40-29-31-46-45-18-8-11-21-49(45)54-50(46)33-40)48-20-10-7-16-42(48)38-28-30-44-39(32-38)27-26-37-25-24-36-23-22-35-14-4-5-17-43(35)51(36)52(37)44/h1-33H. The van der Waals surface area contributed by atoms with Crippen molar-refractivity contribution in [2.75, 3.05) is 4.90 Å². The quantitative estimate of drug-likeness (QED) is 0.168. The summed E-state index contributed by atoms with van der Waals surface area (Å²) >= 11 is 0. The average Bonchev–Trinajstić information content (AvgIpc) is 3.62. The number of para-hydroxylation sites is 3. The van der Waals surface area contributed by atoms with Crippen molar-refractivity contribution in [3.63, 3.8) is 0 Å².